The predicted octanol–water partition coefficient (Wildman–Crippen LogP) is 0.334. The van der Waals surface area contributed by atoms with Crippen molar-refractivity contribution in [3.05, 3.63) is 36.3 Å². The summed E-state index contributed by atoms with van der Waals surface area (Å²) in [5, 5.41) is 2.82. The number of pyridine rings is 1. The molecule has 0 fully saturated rings. The standard InChI is InChI=1S/C7H9N6/c8-6-5-10-2-1-7(6)12-4-3-11-13(12)9/h1-5H,8-9H2/q-1. The van der Waals surface area contributed by atoms with E-state index < -0.39 is 0 Å². The topological polar surface area (TPSA) is 85.5 Å². The lowest BCUT2D eigenvalue weighted by molar-refractivity contribution is 0.393. The Labute approximate surface area is 75.3 Å². The van der Waals surface area contributed by atoms with Crippen LogP contribution in [0, 0.1) is 0 Å². The maximum Gasteiger partial charge on any atom is 0.0833 e. The van der Waals surface area contributed by atoms with Crippen LogP contribution >= 0.6 is 0 Å². The van der Waals surface area contributed by atoms with Gasteiger partial charge in [0.15, 0.2) is 0 Å². The second kappa shape index (κ2) is 2.92. The lowest BCUT2D eigenvalue weighted by Crippen LogP contribution is -2.37. The van der Waals surface area contributed by atoms with Gasteiger partial charge in [-0.2, -0.15) is 0 Å². The minimum atomic E-state index is 0.555. The highest BCUT2D eigenvalue weighted by Crippen LogP contribution is 2.26. The van der Waals surface area contributed by atoms with E-state index in [4.69, 9.17) is 11.6 Å². The Morgan fingerprint density at radius 3 is 2.92 bits per heavy atom. The van der Waals surface area contributed by atoms with Gasteiger partial charge in [0.1, 0.15) is 0 Å². The summed E-state index contributed by atoms with van der Waals surface area (Å²) in [4.78, 5) is 3.88. The van der Waals surface area contributed by atoms with Gasteiger partial charge < -0.3 is 11.2 Å². The van der Waals surface area contributed by atoms with Crippen LogP contribution in [0.2, 0.25) is 0 Å². The van der Waals surface area contributed by atoms with Crippen LogP contribution in [0.5, 0.6) is 0 Å². The predicted molar refractivity (Wildman–Crippen MR) is 49.7 cm³/mol. The van der Waals surface area contributed by atoms with Gasteiger partial charge in [-0.1, -0.05) is 0 Å². The highest BCUT2D eigenvalue weighted by Gasteiger charge is 2.09. The molecule has 0 saturated heterocycles. The van der Waals surface area contributed by atoms with Gasteiger partial charge in [0.2, 0.25) is 0 Å². The molecule has 13 heavy (non-hydrogen) atoms. The highest BCUT2D eigenvalue weighted by atomic mass is 15.9. The number of hydrogen-bond donors (Lipinski definition) is 2. The summed E-state index contributed by atoms with van der Waals surface area (Å²) in [5.74, 6) is 5.53. The van der Waals surface area contributed by atoms with Gasteiger partial charge in [-0.3, -0.25) is 15.8 Å². The van der Waals surface area contributed by atoms with E-state index in [-0.39, 0.29) is 0 Å². The first-order valence-electron chi connectivity index (χ1n) is 3.70. The lowest BCUT2D eigenvalue weighted by atomic mass is 10.3. The molecule has 1 aliphatic rings. The second-order valence-electron chi connectivity index (χ2n) is 2.51. The van der Waals surface area contributed by atoms with Crippen molar-refractivity contribution in [1.82, 2.24) is 10.2 Å². The first-order chi connectivity index (χ1) is 6.29. The van der Waals surface area contributed by atoms with Gasteiger partial charge in [0.25, 0.3) is 0 Å². The molecule has 6 heteroatoms. The minimum Gasteiger partial charge on any atom is -0.591 e. The molecule has 0 saturated carbocycles. The molecule has 4 N–H and O–H groups in total. The smallest absolute Gasteiger partial charge is 0.0833 e. The van der Waals surface area contributed by atoms with Gasteiger partial charge in [0, 0.05) is 12.4 Å². The zero-order valence-electron chi connectivity index (χ0n) is 6.83. The first kappa shape index (κ1) is 7.84. The summed E-state index contributed by atoms with van der Waals surface area (Å²) in [5.41, 5.74) is 10.8. The Kier molecular flexibility index (Phi) is 1.76. The van der Waals surface area contributed by atoms with E-state index in [0.717, 1.165) is 5.69 Å². The molecular weight excluding hydrogens is 168 g/mol. The molecule has 1 aromatic heterocycles. The van der Waals surface area contributed by atoms with Crippen molar-refractivity contribution in [1.29, 1.82) is 0 Å². The fraction of sp³-hybridized carbons (Fsp3) is 0. The Hall–Kier alpha value is -1.79. The fourth-order valence-electron chi connectivity index (χ4n) is 1.08. The lowest BCUT2D eigenvalue weighted by Gasteiger charge is -2.33. The molecule has 0 radical (unpaired) electrons. The summed E-state index contributed by atoms with van der Waals surface area (Å²) < 4.78 is 0. The van der Waals surface area contributed by atoms with E-state index in [1.807, 2.05) is 0 Å². The SMILES string of the molecule is Nc1cnccc1N1C=C[N-]N1N. The quantitative estimate of drug-likeness (QED) is 0.604. The van der Waals surface area contributed by atoms with Crippen molar-refractivity contribution < 1.29 is 0 Å². The molecule has 0 aliphatic carbocycles. The third kappa shape index (κ3) is 1.28. The van der Waals surface area contributed by atoms with Crippen LogP contribution in [0.4, 0.5) is 11.4 Å². The summed E-state index contributed by atoms with van der Waals surface area (Å²) in [7, 11) is 0. The molecule has 2 heterocycles. The molecule has 0 atom stereocenters. The van der Waals surface area contributed by atoms with Gasteiger partial charge in [-0.05, 0) is 6.07 Å². The van der Waals surface area contributed by atoms with E-state index in [1.165, 1.54) is 5.23 Å². The Morgan fingerprint density at radius 1 is 1.46 bits per heavy atom. The van der Waals surface area contributed by atoms with Crippen LogP contribution in [-0.2, 0) is 0 Å². The molecule has 0 bridgehead atoms. The maximum atomic E-state index is 5.70. The summed E-state index contributed by atoms with van der Waals surface area (Å²) >= 11 is 0. The number of nitrogens with zero attached hydrogens (tertiary/aromatic N) is 4. The van der Waals surface area contributed by atoms with Crippen LogP contribution < -0.4 is 16.6 Å². The number of aromatic nitrogens is 1. The fourth-order valence-corrected chi connectivity index (χ4v) is 1.08. The second-order valence-corrected chi connectivity index (χ2v) is 2.51. The van der Waals surface area contributed by atoms with E-state index in [2.05, 4.69) is 10.4 Å². The van der Waals surface area contributed by atoms with Crippen LogP contribution in [0.1, 0.15) is 0 Å². The summed E-state index contributed by atoms with van der Waals surface area (Å²) in [6, 6.07) is 1.76. The zero-order chi connectivity index (χ0) is 9.26. The van der Waals surface area contributed by atoms with Crippen LogP contribution in [-0.4, -0.2) is 10.2 Å². The van der Waals surface area contributed by atoms with E-state index >= 15 is 0 Å². The average molecular weight is 177 g/mol. The van der Waals surface area contributed by atoms with Gasteiger partial charge in [0.05, 0.1) is 17.6 Å². The molecular formula is C7H9N6-. The molecule has 1 aliphatic heterocycles. The number of rotatable bonds is 1. The zero-order valence-corrected chi connectivity index (χ0v) is 6.83. The Balaban J connectivity index is 2.35. The van der Waals surface area contributed by atoms with Crippen molar-refractivity contribution in [3.8, 4) is 0 Å². The van der Waals surface area contributed by atoms with Crippen LogP contribution in [0.3, 0.4) is 0 Å². The van der Waals surface area contributed by atoms with E-state index in [9.17, 15) is 0 Å². The van der Waals surface area contributed by atoms with Crippen molar-refractivity contribution in [3.63, 3.8) is 0 Å². The van der Waals surface area contributed by atoms with Crippen molar-refractivity contribution in [2.24, 2.45) is 5.84 Å². The van der Waals surface area contributed by atoms with Crippen LogP contribution in [0.25, 0.3) is 5.43 Å². The molecule has 0 aromatic carbocycles. The number of nitrogen functional groups attached to an aromatic ring is 1. The molecule has 0 amide bonds. The Morgan fingerprint density at radius 2 is 2.31 bits per heavy atom. The van der Waals surface area contributed by atoms with Crippen molar-refractivity contribution >= 4 is 11.4 Å². The number of hydrogen-bond acceptors (Lipinski definition) is 5. The molecule has 0 unspecified atom stereocenters. The molecule has 6 nitrogen and oxygen atoms in total. The van der Waals surface area contributed by atoms with Gasteiger partial charge in [-0.25, -0.2) is 5.23 Å². The molecule has 1 aromatic rings. The largest absolute Gasteiger partial charge is 0.591 e. The summed E-state index contributed by atoms with van der Waals surface area (Å²) in [6.45, 7) is 0. The number of anilines is 2. The first-order valence-corrected chi connectivity index (χ1v) is 3.70. The monoisotopic (exact) mass is 177 g/mol. The molecule has 2 rings (SSSR count). The van der Waals surface area contributed by atoms with Crippen LogP contribution in [0.15, 0.2) is 30.9 Å². The maximum absolute atomic E-state index is 5.70. The van der Waals surface area contributed by atoms with Gasteiger partial charge in [-0.15, -0.1) is 6.20 Å². The van der Waals surface area contributed by atoms with E-state index in [1.54, 1.807) is 35.9 Å². The third-order valence-corrected chi connectivity index (χ3v) is 1.69. The van der Waals surface area contributed by atoms with Crippen molar-refractivity contribution in [2.45, 2.75) is 0 Å². The van der Waals surface area contributed by atoms with E-state index in [0.29, 0.717) is 5.69 Å². The number of hydrazine groups is 2. The third-order valence-electron chi connectivity index (χ3n) is 1.69. The molecule has 0 spiro atoms. The Bertz CT molecular complexity index is 336. The molecule has 68 valence electrons. The summed E-state index contributed by atoms with van der Waals surface area (Å²) in [6.07, 6.45) is 6.51. The highest BCUT2D eigenvalue weighted by molar-refractivity contribution is 5.67. The number of nitrogens with two attached hydrogens (primary N) is 2. The van der Waals surface area contributed by atoms with Crippen molar-refractivity contribution in [2.75, 3.05) is 10.7 Å². The normalized spacial score (nSPS) is 16.2. The minimum absolute atomic E-state index is 0.555. The average Bonchev–Trinajstić information content (AvgIpc) is 2.52. The van der Waals surface area contributed by atoms with Gasteiger partial charge >= 0.3 is 0 Å².